The molecule has 2 aromatic rings. The second-order valence-corrected chi connectivity index (χ2v) is 8.95. The molecule has 7 rings (SSSR count). The number of hydrogen-bond acceptors (Lipinski definition) is 0. The molecular formula is C22H24N2+2. The SMILES string of the molecule is c1cc[n+]2c(c1)C1CCC3CC4CCC5c6cccc[n+]6C2(C31)C45. The van der Waals surface area contributed by atoms with E-state index in [1.165, 1.54) is 32.1 Å². The molecule has 0 radical (unpaired) electrons. The minimum atomic E-state index is 0.211. The first-order chi connectivity index (χ1) is 11.9. The number of fused-ring (bicyclic) bond motifs is 4. The summed E-state index contributed by atoms with van der Waals surface area (Å²) in [7, 11) is 0. The van der Waals surface area contributed by atoms with Gasteiger partial charge in [0.05, 0.1) is 11.8 Å². The molecule has 0 saturated heterocycles. The number of pyridine rings is 2. The van der Waals surface area contributed by atoms with Gasteiger partial charge in [-0.3, -0.25) is 0 Å². The van der Waals surface area contributed by atoms with E-state index < -0.39 is 0 Å². The van der Waals surface area contributed by atoms with Crippen LogP contribution in [0.4, 0.5) is 0 Å². The zero-order valence-corrected chi connectivity index (χ0v) is 14.0. The molecule has 24 heavy (non-hydrogen) atoms. The molecule has 6 atom stereocenters. The van der Waals surface area contributed by atoms with Crippen molar-refractivity contribution in [1.82, 2.24) is 0 Å². The van der Waals surface area contributed by atoms with Crippen LogP contribution in [0.3, 0.4) is 0 Å². The second kappa shape index (κ2) is 3.92. The molecule has 1 spiro atoms. The largest absolute Gasteiger partial charge is 0.369 e. The molecule has 2 aliphatic heterocycles. The molecule has 4 heterocycles. The predicted molar refractivity (Wildman–Crippen MR) is 89.2 cm³/mol. The fourth-order valence-electron chi connectivity index (χ4n) is 8.18. The maximum Gasteiger partial charge on any atom is 0.369 e. The van der Waals surface area contributed by atoms with Gasteiger partial charge in [-0.2, -0.15) is 0 Å². The topological polar surface area (TPSA) is 7.76 Å². The van der Waals surface area contributed by atoms with E-state index in [0.29, 0.717) is 0 Å². The highest BCUT2D eigenvalue weighted by Gasteiger charge is 2.82. The molecule has 2 heteroatoms. The summed E-state index contributed by atoms with van der Waals surface area (Å²) in [5.74, 6) is 5.11. The fourth-order valence-corrected chi connectivity index (χ4v) is 8.18. The van der Waals surface area contributed by atoms with Crippen LogP contribution in [-0.4, -0.2) is 0 Å². The summed E-state index contributed by atoms with van der Waals surface area (Å²) >= 11 is 0. The summed E-state index contributed by atoms with van der Waals surface area (Å²) in [4.78, 5) is 0. The van der Waals surface area contributed by atoms with Crippen molar-refractivity contribution < 1.29 is 9.13 Å². The molecule has 2 aromatic heterocycles. The van der Waals surface area contributed by atoms with Crippen molar-refractivity contribution in [3.8, 4) is 0 Å². The average Bonchev–Trinajstić information content (AvgIpc) is 3.36. The van der Waals surface area contributed by atoms with Crippen LogP contribution in [-0.2, 0) is 5.66 Å². The minimum absolute atomic E-state index is 0.211. The van der Waals surface area contributed by atoms with E-state index in [1.807, 2.05) is 0 Å². The van der Waals surface area contributed by atoms with Crippen molar-refractivity contribution in [2.75, 3.05) is 0 Å². The number of hydrogen-bond donors (Lipinski definition) is 0. The Labute approximate surface area is 143 Å². The third kappa shape index (κ3) is 1.12. The number of rotatable bonds is 0. The summed E-state index contributed by atoms with van der Waals surface area (Å²) in [5, 5.41) is 0. The summed E-state index contributed by atoms with van der Waals surface area (Å²) in [5.41, 5.74) is 3.46. The zero-order valence-electron chi connectivity index (χ0n) is 14.0. The standard InChI is InChI=1S/C22H24N2/c1-3-11-23-18(5-1)16-9-7-14-13-15-8-10-17-19-6-2-4-12-24(19)22(23,20(14)16)21(15)17/h1-6,11-12,14-17,20-21H,7-10,13H2/q+2. The molecule has 3 saturated carbocycles. The summed E-state index contributed by atoms with van der Waals surface area (Å²) < 4.78 is 5.50. The molecule has 120 valence electrons. The van der Waals surface area contributed by atoms with Gasteiger partial charge in [0.2, 0.25) is 0 Å². The Hall–Kier alpha value is -1.70. The monoisotopic (exact) mass is 316 g/mol. The predicted octanol–water partition coefficient (Wildman–Crippen LogP) is 3.11. The van der Waals surface area contributed by atoms with Crippen molar-refractivity contribution in [2.45, 2.75) is 49.6 Å². The quantitative estimate of drug-likeness (QED) is 0.660. The highest BCUT2D eigenvalue weighted by atomic mass is 15.3. The lowest BCUT2D eigenvalue weighted by atomic mass is 9.62. The van der Waals surface area contributed by atoms with E-state index in [2.05, 4.69) is 57.9 Å². The molecule has 0 bridgehead atoms. The summed E-state index contributed by atoms with van der Waals surface area (Å²) in [6.45, 7) is 0. The molecule has 2 nitrogen and oxygen atoms in total. The van der Waals surface area contributed by atoms with Crippen LogP contribution < -0.4 is 9.13 Å². The first-order valence-electron chi connectivity index (χ1n) is 9.93. The van der Waals surface area contributed by atoms with Gasteiger partial charge in [0.15, 0.2) is 23.8 Å². The first kappa shape index (κ1) is 12.6. The third-order valence-corrected chi connectivity index (χ3v) is 8.48. The molecule has 0 N–H and O–H groups in total. The Morgan fingerprint density at radius 2 is 1.25 bits per heavy atom. The Morgan fingerprint density at radius 3 is 1.79 bits per heavy atom. The minimum Gasteiger partial charge on any atom is -0.138 e. The van der Waals surface area contributed by atoms with E-state index in [-0.39, 0.29) is 5.66 Å². The van der Waals surface area contributed by atoms with Crippen LogP contribution in [0.5, 0.6) is 0 Å². The second-order valence-electron chi connectivity index (χ2n) is 8.95. The molecule has 0 aromatic carbocycles. The van der Waals surface area contributed by atoms with E-state index in [9.17, 15) is 0 Å². The molecule has 0 amide bonds. The van der Waals surface area contributed by atoms with E-state index >= 15 is 0 Å². The van der Waals surface area contributed by atoms with Crippen molar-refractivity contribution in [2.24, 2.45) is 23.7 Å². The number of nitrogens with zero attached hydrogens (tertiary/aromatic N) is 2. The Morgan fingerprint density at radius 1 is 0.708 bits per heavy atom. The molecule has 3 fully saturated rings. The summed E-state index contributed by atoms with van der Waals surface area (Å²) in [6, 6.07) is 13.9. The van der Waals surface area contributed by atoms with Crippen molar-refractivity contribution in [1.29, 1.82) is 0 Å². The van der Waals surface area contributed by atoms with Crippen LogP contribution in [0.15, 0.2) is 48.8 Å². The van der Waals surface area contributed by atoms with Crippen LogP contribution >= 0.6 is 0 Å². The van der Waals surface area contributed by atoms with Gasteiger partial charge in [-0.05, 0) is 43.9 Å². The fraction of sp³-hybridized carbons (Fsp3) is 0.545. The normalized spacial score (nSPS) is 45.7. The summed E-state index contributed by atoms with van der Waals surface area (Å²) in [6.07, 6.45) is 12.1. The van der Waals surface area contributed by atoms with Gasteiger partial charge >= 0.3 is 5.66 Å². The Bertz CT molecular complexity index is 800. The molecule has 3 aliphatic carbocycles. The van der Waals surface area contributed by atoms with Crippen LogP contribution in [0.25, 0.3) is 0 Å². The van der Waals surface area contributed by atoms with Gasteiger partial charge in [-0.1, -0.05) is 12.1 Å². The Balaban J connectivity index is 1.64. The van der Waals surface area contributed by atoms with Gasteiger partial charge in [0.25, 0.3) is 0 Å². The van der Waals surface area contributed by atoms with Gasteiger partial charge < -0.3 is 0 Å². The highest BCUT2D eigenvalue weighted by Crippen LogP contribution is 2.68. The van der Waals surface area contributed by atoms with Gasteiger partial charge in [0.1, 0.15) is 11.8 Å². The van der Waals surface area contributed by atoms with Gasteiger partial charge in [0, 0.05) is 24.3 Å². The molecule has 5 aliphatic rings. The highest BCUT2D eigenvalue weighted by molar-refractivity contribution is 5.24. The number of aromatic nitrogens is 2. The molecular weight excluding hydrogens is 292 g/mol. The lowest BCUT2D eigenvalue weighted by Gasteiger charge is -2.39. The van der Waals surface area contributed by atoms with E-state index in [0.717, 1.165) is 35.5 Å². The Kier molecular flexibility index (Phi) is 2.07. The van der Waals surface area contributed by atoms with Gasteiger partial charge in [-0.25, -0.2) is 0 Å². The van der Waals surface area contributed by atoms with Crippen molar-refractivity contribution >= 4 is 0 Å². The third-order valence-electron chi connectivity index (χ3n) is 8.48. The average molecular weight is 316 g/mol. The van der Waals surface area contributed by atoms with Crippen LogP contribution in [0, 0.1) is 23.7 Å². The lowest BCUT2D eigenvalue weighted by Crippen LogP contribution is -2.77. The van der Waals surface area contributed by atoms with Gasteiger partial charge in [-0.15, -0.1) is 9.13 Å². The van der Waals surface area contributed by atoms with E-state index in [1.54, 1.807) is 11.4 Å². The van der Waals surface area contributed by atoms with Crippen LogP contribution in [0.1, 0.15) is 55.3 Å². The maximum absolute atomic E-state index is 2.75. The molecule has 6 unspecified atom stereocenters. The van der Waals surface area contributed by atoms with Crippen LogP contribution in [0.2, 0.25) is 0 Å². The zero-order chi connectivity index (χ0) is 15.5. The van der Waals surface area contributed by atoms with Crippen molar-refractivity contribution in [3.63, 3.8) is 0 Å². The van der Waals surface area contributed by atoms with Crippen molar-refractivity contribution in [3.05, 3.63) is 60.2 Å². The first-order valence-corrected chi connectivity index (χ1v) is 9.93. The maximum atomic E-state index is 2.75. The lowest BCUT2D eigenvalue weighted by molar-refractivity contribution is -0.998. The van der Waals surface area contributed by atoms with E-state index in [4.69, 9.17) is 0 Å². The smallest absolute Gasteiger partial charge is 0.138 e.